The first-order chi connectivity index (χ1) is 23.8. The zero-order chi connectivity index (χ0) is 31.6. The van der Waals surface area contributed by atoms with Gasteiger partial charge in [0.15, 0.2) is 17.5 Å². The summed E-state index contributed by atoms with van der Waals surface area (Å²) in [5.41, 5.74) is 7.35. The Labute approximate surface area is 275 Å². The molecule has 0 spiro atoms. The van der Waals surface area contributed by atoms with E-state index in [9.17, 15) is 0 Å². The molecule has 0 saturated heterocycles. The summed E-state index contributed by atoms with van der Waals surface area (Å²) in [4.78, 5) is 15.4. The molecule has 0 N–H and O–H groups in total. The van der Waals surface area contributed by atoms with Crippen molar-refractivity contribution in [2.75, 3.05) is 0 Å². The van der Waals surface area contributed by atoms with Crippen molar-refractivity contribution in [1.29, 1.82) is 0 Å². The Morgan fingerprint density at radius 1 is 0.417 bits per heavy atom. The molecule has 0 aliphatic heterocycles. The molecule has 5 nitrogen and oxygen atoms in total. The molecule has 0 saturated carbocycles. The normalized spacial score (nSPS) is 11.8. The minimum atomic E-state index is 0.550. The first-order valence-corrected chi connectivity index (χ1v) is 16.0. The lowest BCUT2D eigenvalue weighted by Gasteiger charge is -2.15. The fourth-order valence-corrected chi connectivity index (χ4v) is 7.02. The third-order valence-electron chi connectivity index (χ3n) is 9.23. The minimum Gasteiger partial charge on any atom is -0.455 e. The number of rotatable bonds is 4. The molecule has 0 radical (unpaired) electrons. The molecule has 0 fully saturated rings. The van der Waals surface area contributed by atoms with Gasteiger partial charge in [-0.25, -0.2) is 15.0 Å². The topological polar surface area (TPSA) is 56.7 Å². The average Bonchev–Trinajstić information content (AvgIpc) is 3.69. The second-order valence-electron chi connectivity index (χ2n) is 12.0. The van der Waals surface area contributed by atoms with Crippen LogP contribution in [0, 0.1) is 0 Å². The lowest BCUT2D eigenvalue weighted by Crippen LogP contribution is -2.04. The molecule has 0 amide bonds. The molecule has 48 heavy (non-hydrogen) atoms. The van der Waals surface area contributed by atoms with Gasteiger partial charge in [-0.1, -0.05) is 121 Å². The summed E-state index contributed by atoms with van der Waals surface area (Å²) in [5, 5.41) is 6.81. The number of benzene rings is 7. The maximum Gasteiger partial charge on any atom is 0.170 e. The van der Waals surface area contributed by atoms with Gasteiger partial charge in [-0.05, 0) is 47.2 Å². The van der Waals surface area contributed by atoms with E-state index in [4.69, 9.17) is 19.4 Å². The number of furan rings is 1. The largest absolute Gasteiger partial charge is 0.455 e. The molecule has 10 rings (SSSR count). The third kappa shape index (κ3) is 4.08. The third-order valence-corrected chi connectivity index (χ3v) is 9.23. The summed E-state index contributed by atoms with van der Waals surface area (Å²) in [6.07, 6.45) is 0. The van der Waals surface area contributed by atoms with Crippen LogP contribution in [0.2, 0.25) is 0 Å². The van der Waals surface area contributed by atoms with Gasteiger partial charge >= 0.3 is 0 Å². The SMILES string of the molecule is c1ccc(-c2nc(-c3ccccc3)nc(-c3c(-n4c5ccccc5c5cc6ccccc6cc54)ccc4c3oc3ccccc34)n2)cc1. The van der Waals surface area contributed by atoms with Crippen molar-refractivity contribution >= 4 is 54.5 Å². The number of hydrogen-bond acceptors (Lipinski definition) is 4. The van der Waals surface area contributed by atoms with Crippen molar-refractivity contribution in [3.8, 4) is 39.9 Å². The molecular weight excluding hydrogens is 589 g/mol. The highest BCUT2D eigenvalue weighted by atomic mass is 16.3. The van der Waals surface area contributed by atoms with E-state index in [-0.39, 0.29) is 0 Å². The van der Waals surface area contributed by atoms with Gasteiger partial charge in [0.25, 0.3) is 0 Å². The van der Waals surface area contributed by atoms with Crippen LogP contribution < -0.4 is 0 Å². The molecule has 0 atom stereocenters. The zero-order valence-electron chi connectivity index (χ0n) is 25.7. The Morgan fingerprint density at radius 2 is 1.00 bits per heavy atom. The van der Waals surface area contributed by atoms with Crippen LogP contribution in [0.3, 0.4) is 0 Å². The van der Waals surface area contributed by atoms with Crippen LogP contribution in [0.15, 0.2) is 162 Å². The average molecular weight is 615 g/mol. The van der Waals surface area contributed by atoms with Gasteiger partial charge in [0.2, 0.25) is 0 Å². The summed E-state index contributed by atoms with van der Waals surface area (Å²) >= 11 is 0. The molecule has 0 unspecified atom stereocenters. The Morgan fingerprint density at radius 3 is 1.73 bits per heavy atom. The van der Waals surface area contributed by atoms with E-state index in [1.165, 1.54) is 21.5 Å². The van der Waals surface area contributed by atoms with Gasteiger partial charge in [0.1, 0.15) is 11.2 Å². The van der Waals surface area contributed by atoms with Crippen molar-refractivity contribution in [3.63, 3.8) is 0 Å². The number of para-hydroxylation sites is 2. The highest BCUT2D eigenvalue weighted by Crippen LogP contribution is 2.43. The van der Waals surface area contributed by atoms with Crippen molar-refractivity contribution in [2.24, 2.45) is 0 Å². The monoisotopic (exact) mass is 614 g/mol. The molecular formula is C43H26N4O. The molecule has 0 aliphatic carbocycles. The van der Waals surface area contributed by atoms with Crippen LogP contribution in [-0.2, 0) is 0 Å². The molecule has 3 aromatic heterocycles. The molecule has 3 heterocycles. The summed E-state index contributed by atoms with van der Waals surface area (Å²) in [5.74, 6) is 1.76. The van der Waals surface area contributed by atoms with Crippen molar-refractivity contribution < 1.29 is 4.42 Å². The fourth-order valence-electron chi connectivity index (χ4n) is 7.02. The van der Waals surface area contributed by atoms with Crippen LogP contribution in [-0.4, -0.2) is 19.5 Å². The maximum atomic E-state index is 6.75. The predicted molar refractivity (Wildman–Crippen MR) is 195 cm³/mol. The van der Waals surface area contributed by atoms with Crippen LogP contribution in [0.5, 0.6) is 0 Å². The molecule has 10 aromatic rings. The van der Waals surface area contributed by atoms with E-state index in [2.05, 4.69) is 83.4 Å². The van der Waals surface area contributed by atoms with E-state index < -0.39 is 0 Å². The first-order valence-electron chi connectivity index (χ1n) is 16.0. The second-order valence-corrected chi connectivity index (χ2v) is 12.0. The molecule has 0 aliphatic rings. The fraction of sp³-hybridized carbons (Fsp3) is 0. The van der Waals surface area contributed by atoms with E-state index >= 15 is 0 Å². The van der Waals surface area contributed by atoms with Crippen molar-refractivity contribution in [3.05, 3.63) is 158 Å². The van der Waals surface area contributed by atoms with Crippen molar-refractivity contribution in [2.45, 2.75) is 0 Å². The Bertz CT molecular complexity index is 2780. The van der Waals surface area contributed by atoms with Gasteiger partial charge in [0, 0.05) is 32.7 Å². The minimum absolute atomic E-state index is 0.550. The number of aromatic nitrogens is 4. The Kier molecular flexibility index (Phi) is 5.81. The maximum absolute atomic E-state index is 6.75. The molecule has 224 valence electrons. The summed E-state index contributed by atoms with van der Waals surface area (Å²) in [7, 11) is 0. The standard InChI is InChI=1S/C43H26N4O/c1-3-13-27(14-4-1)41-44-42(28-15-5-2-6-16-28)46-43(45-41)39-36(24-23-33-32-20-10-12-22-38(32)48-40(33)39)47-35-21-11-9-19-31(35)34-25-29-17-7-8-18-30(29)26-37(34)47/h1-26H. The van der Waals surface area contributed by atoms with Crippen LogP contribution in [0.25, 0.3) is 94.4 Å². The summed E-state index contributed by atoms with van der Waals surface area (Å²) in [6, 6.07) is 54.4. The quantitative estimate of drug-likeness (QED) is 0.198. The first kappa shape index (κ1) is 26.6. The Balaban J connectivity index is 1.37. The molecule has 7 aromatic carbocycles. The zero-order valence-corrected chi connectivity index (χ0v) is 25.7. The van der Waals surface area contributed by atoms with E-state index in [1.807, 2.05) is 78.9 Å². The highest BCUT2D eigenvalue weighted by Gasteiger charge is 2.24. The predicted octanol–water partition coefficient (Wildman–Crippen LogP) is 11.0. The number of hydrogen-bond donors (Lipinski definition) is 0. The highest BCUT2D eigenvalue weighted by molar-refractivity contribution is 6.16. The lowest BCUT2D eigenvalue weighted by atomic mass is 10.0. The van der Waals surface area contributed by atoms with Crippen LogP contribution >= 0.6 is 0 Å². The van der Waals surface area contributed by atoms with Crippen LogP contribution in [0.1, 0.15) is 0 Å². The summed E-state index contributed by atoms with van der Waals surface area (Å²) in [6.45, 7) is 0. The van der Waals surface area contributed by atoms with Crippen molar-refractivity contribution in [1.82, 2.24) is 19.5 Å². The number of nitrogens with zero attached hydrogens (tertiary/aromatic N) is 4. The van der Waals surface area contributed by atoms with Gasteiger partial charge in [0.05, 0.1) is 22.3 Å². The molecule has 0 bridgehead atoms. The van der Waals surface area contributed by atoms with Gasteiger partial charge < -0.3 is 8.98 Å². The smallest absolute Gasteiger partial charge is 0.170 e. The van der Waals surface area contributed by atoms with Crippen LogP contribution in [0.4, 0.5) is 0 Å². The van der Waals surface area contributed by atoms with E-state index in [1.54, 1.807) is 0 Å². The lowest BCUT2D eigenvalue weighted by molar-refractivity contribution is 0.669. The second kappa shape index (κ2) is 10.5. The van der Waals surface area contributed by atoms with E-state index in [0.29, 0.717) is 17.5 Å². The van der Waals surface area contributed by atoms with Gasteiger partial charge in [-0.3, -0.25) is 0 Å². The number of fused-ring (bicyclic) bond motifs is 7. The molecule has 5 heteroatoms. The van der Waals surface area contributed by atoms with E-state index in [0.717, 1.165) is 55.3 Å². The Hall–Kier alpha value is -6.59. The summed E-state index contributed by atoms with van der Waals surface area (Å²) < 4.78 is 9.09. The van der Waals surface area contributed by atoms with Gasteiger partial charge in [-0.15, -0.1) is 0 Å². The van der Waals surface area contributed by atoms with Gasteiger partial charge in [-0.2, -0.15) is 0 Å².